The minimum absolute atomic E-state index is 0.343. The molecule has 0 bridgehead atoms. The largest absolute Gasteiger partial charge is 0.381 e. The van der Waals surface area contributed by atoms with Crippen molar-refractivity contribution in [1.29, 1.82) is 0 Å². The van der Waals surface area contributed by atoms with E-state index in [1.165, 1.54) is 5.56 Å². The highest BCUT2D eigenvalue weighted by atomic mass is 35.5. The van der Waals surface area contributed by atoms with E-state index in [0.717, 1.165) is 31.1 Å². The van der Waals surface area contributed by atoms with E-state index in [-0.39, 0.29) is 0 Å². The Labute approximate surface area is 103 Å². The van der Waals surface area contributed by atoms with E-state index in [1.807, 2.05) is 18.2 Å². The lowest BCUT2D eigenvalue weighted by Gasteiger charge is -2.15. The number of halogens is 1. The van der Waals surface area contributed by atoms with E-state index in [9.17, 15) is 0 Å². The molecule has 1 unspecified atom stereocenters. The van der Waals surface area contributed by atoms with E-state index in [1.54, 1.807) is 0 Å². The second-order valence-electron chi connectivity index (χ2n) is 3.89. The van der Waals surface area contributed by atoms with E-state index >= 15 is 0 Å². The van der Waals surface area contributed by atoms with Crippen molar-refractivity contribution in [2.75, 3.05) is 19.8 Å². The summed E-state index contributed by atoms with van der Waals surface area (Å²) in [6.07, 6.45) is 2.02. The van der Waals surface area contributed by atoms with Crippen molar-refractivity contribution >= 4 is 11.6 Å². The summed E-state index contributed by atoms with van der Waals surface area (Å²) in [6, 6.07) is 7.90. The monoisotopic (exact) mass is 241 g/mol. The minimum atomic E-state index is 0.343. The molecule has 1 aromatic carbocycles. The number of hydrogen-bond donors (Lipinski definition) is 1. The van der Waals surface area contributed by atoms with Gasteiger partial charge in [-0.1, -0.05) is 30.7 Å². The molecule has 0 aromatic heterocycles. The Balaban J connectivity index is 2.47. The second kappa shape index (κ2) is 7.66. The van der Waals surface area contributed by atoms with Crippen LogP contribution in [0.4, 0.5) is 0 Å². The Morgan fingerprint density at radius 1 is 1.38 bits per heavy atom. The van der Waals surface area contributed by atoms with E-state index in [0.29, 0.717) is 12.5 Å². The van der Waals surface area contributed by atoms with E-state index in [4.69, 9.17) is 22.1 Å². The van der Waals surface area contributed by atoms with E-state index < -0.39 is 0 Å². The highest BCUT2D eigenvalue weighted by Gasteiger charge is 2.09. The minimum Gasteiger partial charge on any atom is -0.381 e. The van der Waals surface area contributed by atoms with E-state index in [2.05, 4.69) is 13.0 Å². The third-order valence-corrected chi connectivity index (χ3v) is 2.80. The van der Waals surface area contributed by atoms with Crippen LogP contribution >= 0.6 is 11.6 Å². The molecule has 0 saturated carbocycles. The maximum atomic E-state index is 5.96. The van der Waals surface area contributed by atoms with Crippen molar-refractivity contribution in [2.45, 2.75) is 25.7 Å². The average Bonchev–Trinajstić information content (AvgIpc) is 2.29. The summed E-state index contributed by atoms with van der Waals surface area (Å²) >= 11 is 5.96. The standard InChI is InChI=1S/C13H20ClNO/c1-2-7-16-8-6-12(10-15)11-4-3-5-13(14)9-11/h3-5,9,12H,2,6-8,10,15H2,1H3. The van der Waals surface area contributed by atoms with Gasteiger partial charge in [-0.3, -0.25) is 0 Å². The quantitative estimate of drug-likeness (QED) is 0.744. The average molecular weight is 242 g/mol. The number of hydrogen-bond acceptors (Lipinski definition) is 2. The Bertz CT molecular complexity index is 304. The van der Waals surface area contributed by atoms with Gasteiger partial charge in [0.25, 0.3) is 0 Å². The molecule has 0 radical (unpaired) electrons. The summed E-state index contributed by atoms with van der Waals surface area (Å²) in [7, 11) is 0. The van der Waals surface area contributed by atoms with Gasteiger partial charge in [0.15, 0.2) is 0 Å². The van der Waals surface area contributed by atoms with Gasteiger partial charge < -0.3 is 10.5 Å². The summed E-state index contributed by atoms with van der Waals surface area (Å²) in [4.78, 5) is 0. The lowest BCUT2D eigenvalue weighted by Crippen LogP contribution is -2.15. The molecule has 1 atom stereocenters. The molecule has 1 aromatic rings. The van der Waals surface area contributed by atoms with Gasteiger partial charge in [0.2, 0.25) is 0 Å². The number of nitrogens with two attached hydrogens (primary N) is 1. The zero-order chi connectivity index (χ0) is 11.8. The van der Waals surface area contributed by atoms with Crippen LogP contribution < -0.4 is 5.73 Å². The fraction of sp³-hybridized carbons (Fsp3) is 0.538. The lowest BCUT2D eigenvalue weighted by molar-refractivity contribution is 0.128. The van der Waals surface area contributed by atoms with Crippen molar-refractivity contribution in [3.63, 3.8) is 0 Å². The maximum absolute atomic E-state index is 5.96. The third kappa shape index (κ3) is 4.52. The topological polar surface area (TPSA) is 35.2 Å². The van der Waals surface area contributed by atoms with Gasteiger partial charge in [-0.2, -0.15) is 0 Å². The smallest absolute Gasteiger partial charge is 0.0472 e. The molecule has 0 aliphatic heterocycles. The molecule has 3 heteroatoms. The van der Waals surface area contributed by atoms with Crippen LogP contribution in [-0.4, -0.2) is 19.8 Å². The Kier molecular flexibility index (Phi) is 6.46. The van der Waals surface area contributed by atoms with Crippen LogP contribution in [0.5, 0.6) is 0 Å². The lowest BCUT2D eigenvalue weighted by atomic mass is 9.96. The second-order valence-corrected chi connectivity index (χ2v) is 4.33. The Hall–Kier alpha value is -0.570. The Morgan fingerprint density at radius 3 is 2.81 bits per heavy atom. The fourth-order valence-corrected chi connectivity index (χ4v) is 1.85. The molecule has 0 saturated heterocycles. The molecule has 2 nitrogen and oxygen atoms in total. The SMILES string of the molecule is CCCOCCC(CN)c1cccc(Cl)c1. The first-order valence-corrected chi connectivity index (χ1v) is 6.19. The maximum Gasteiger partial charge on any atom is 0.0472 e. The molecule has 0 heterocycles. The highest BCUT2D eigenvalue weighted by Crippen LogP contribution is 2.21. The molecule has 2 N–H and O–H groups in total. The van der Waals surface area contributed by atoms with Crippen LogP contribution in [0.1, 0.15) is 31.2 Å². The number of benzene rings is 1. The van der Waals surface area contributed by atoms with Crippen molar-refractivity contribution < 1.29 is 4.74 Å². The summed E-state index contributed by atoms with van der Waals surface area (Å²) in [5.74, 6) is 0.343. The van der Waals surface area contributed by atoms with Crippen molar-refractivity contribution in [3.8, 4) is 0 Å². The van der Waals surface area contributed by atoms with Crippen LogP contribution in [-0.2, 0) is 4.74 Å². The van der Waals surface area contributed by atoms with Gasteiger partial charge in [0.1, 0.15) is 0 Å². The first-order chi connectivity index (χ1) is 7.77. The Morgan fingerprint density at radius 2 is 2.19 bits per heavy atom. The highest BCUT2D eigenvalue weighted by molar-refractivity contribution is 6.30. The summed E-state index contributed by atoms with van der Waals surface area (Å²) in [5.41, 5.74) is 6.97. The van der Waals surface area contributed by atoms with Gasteiger partial charge in [-0.25, -0.2) is 0 Å². The number of ether oxygens (including phenoxy) is 1. The fourth-order valence-electron chi connectivity index (χ4n) is 1.65. The van der Waals surface area contributed by atoms with Gasteiger partial charge in [-0.15, -0.1) is 0 Å². The van der Waals surface area contributed by atoms with Crippen molar-refractivity contribution in [2.24, 2.45) is 5.73 Å². The third-order valence-electron chi connectivity index (χ3n) is 2.56. The zero-order valence-electron chi connectivity index (χ0n) is 9.79. The van der Waals surface area contributed by atoms with Gasteiger partial charge in [-0.05, 0) is 43.0 Å². The van der Waals surface area contributed by atoms with Crippen LogP contribution in [0.15, 0.2) is 24.3 Å². The van der Waals surface area contributed by atoms with Crippen molar-refractivity contribution in [1.82, 2.24) is 0 Å². The molecule has 0 spiro atoms. The molecular weight excluding hydrogens is 222 g/mol. The molecule has 16 heavy (non-hydrogen) atoms. The number of rotatable bonds is 7. The predicted molar refractivity (Wildman–Crippen MR) is 69.0 cm³/mol. The normalized spacial score (nSPS) is 12.7. The zero-order valence-corrected chi connectivity index (χ0v) is 10.5. The van der Waals surface area contributed by atoms with Crippen LogP contribution in [0.25, 0.3) is 0 Å². The summed E-state index contributed by atoms with van der Waals surface area (Å²) in [6.45, 7) is 4.34. The van der Waals surface area contributed by atoms with Gasteiger partial charge in [0, 0.05) is 18.2 Å². The van der Waals surface area contributed by atoms with Crippen molar-refractivity contribution in [3.05, 3.63) is 34.9 Å². The molecular formula is C13H20ClNO. The first-order valence-electron chi connectivity index (χ1n) is 5.81. The molecule has 1 rings (SSSR count). The predicted octanol–water partition coefficient (Wildman–Crippen LogP) is 3.20. The van der Waals surface area contributed by atoms with Gasteiger partial charge in [0.05, 0.1) is 0 Å². The van der Waals surface area contributed by atoms with Gasteiger partial charge >= 0.3 is 0 Å². The first kappa shape index (κ1) is 13.5. The molecule has 0 aliphatic rings. The molecule has 0 amide bonds. The molecule has 90 valence electrons. The summed E-state index contributed by atoms with van der Waals surface area (Å²) < 4.78 is 5.48. The summed E-state index contributed by atoms with van der Waals surface area (Å²) in [5, 5.41) is 0.769. The van der Waals surface area contributed by atoms with Crippen LogP contribution in [0.2, 0.25) is 5.02 Å². The van der Waals surface area contributed by atoms with Crippen LogP contribution in [0, 0.1) is 0 Å². The molecule has 0 fully saturated rings. The van der Waals surface area contributed by atoms with Crippen LogP contribution in [0.3, 0.4) is 0 Å². The molecule has 0 aliphatic carbocycles.